The van der Waals surface area contributed by atoms with Crippen molar-refractivity contribution in [1.82, 2.24) is 19.9 Å². The summed E-state index contributed by atoms with van der Waals surface area (Å²) in [6.07, 6.45) is 0.696. The van der Waals surface area contributed by atoms with Gasteiger partial charge >= 0.3 is 0 Å². The van der Waals surface area contributed by atoms with Crippen molar-refractivity contribution in [1.29, 1.82) is 0 Å². The number of nitrogen functional groups attached to an aromatic ring is 1. The molecule has 0 amide bonds. The van der Waals surface area contributed by atoms with Gasteiger partial charge in [0.1, 0.15) is 11.2 Å². The van der Waals surface area contributed by atoms with Crippen LogP contribution in [0.4, 0.5) is 5.95 Å². The van der Waals surface area contributed by atoms with Crippen molar-refractivity contribution in [2.45, 2.75) is 20.3 Å². The minimum Gasteiger partial charge on any atom is -0.368 e. The van der Waals surface area contributed by atoms with Gasteiger partial charge in [-0.1, -0.05) is 6.92 Å². The molecule has 6 nitrogen and oxygen atoms in total. The van der Waals surface area contributed by atoms with Crippen LogP contribution in [0, 0.1) is 6.92 Å². The second-order valence-corrected chi connectivity index (χ2v) is 3.23. The topological polar surface area (TPSA) is 97.5 Å². The smallest absolute Gasteiger partial charge is 0.270 e. The van der Waals surface area contributed by atoms with Gasteiger partial charge in [0.05, 0.1) is 5.69 Å². The molecule has 6 heteroatoms. The van der Waals surface area contributed by atoms with Crippen LogP contribution in [0.2, 0.25) is 0 Å². The lowest BCUT2D eigenvalue weighted by atomic mass is 10.3. The first kappa shape index (κ1) is 9.57. The van der Waals surface area contributed by atoms with E-state index in [9.17, 15) is 4.79 Å². The quantitative estimate of drug-likeness (QED) is 0.691. The van der Waals surface area contributed by atoms with Gasteiger partial charge in [-0.25, -0.2) is 9.97 Å². The minimum absolute atomic E-state index is 0.153. The molecule has 2 rings (SSSR count). The van der Waals surface area contributed by atoms with Crippen LogP contribution in [0.5, 0.6) is 0 Å². The number of hydrogen-bond acceptors (Lipinski definition) is 5. The zero-order valence-corrected chi connectivity index (χ0v) is 8.53. The third-order valence-electron chi connectivity index (χ3n) is 2.15. The van der Waals surface area contributed by atoms with Crippen molar-refractivity contribution in [3.05, 3.63) is 21.7 Å². The predicted octanol–water partition coefficient (Wildman–Crippen LogP) is 0.166. The molecule has 0 aliphatic heterocycles. The van der Waals surface area contributed by atoms with Gasteiger partial charge in [0.25, 0.3) is 5.56 Å². The summed E-state index contributed by atoms with van der Waals surface area (Å²) < 4.78 is 0. The van der Waals surface area contributed by atoms with E-state index in [1.165, 1.54) is 0 Å². The molecular weight excluding hydrogens is 194 g/mol. The van der Waals surface area contributed by atoms with Crippen molar-refractivity contribution in [2.75, 3.05) is 5.73 Å². The number of anilines is 1. The number of hydrogen-bond donors (Lipinski definition) is 2. The first-order chi connectivity index (χ1) is 7.11. The molecule has 2 aromatic rings. The van der Waals surface area contributed by atoms with Crippen molar-refractivity contribution >= 4 is 17.1 Å². The molecule has 0 radical (unpaired) electrons. The summed E-state index contributed by atoms with van der Waals surface area (Å²) in [4.78, 5) is 26.1. The van der Waals surface area contributed by atoms with Crippen LogP contribution in [-0.2, 0) is 6.42 Å². The normalized spacial score (nSPS) is 10.8. The standard InChI is InChI=1S/C9H11N5O/c1-3-5-6-7(14-9(10)12-5)13-8(15)4(2)11-6/h3H2,1-2H3,(H3,10,12,13,14,15). The Labute approximate surface area is 85.6 Å². The molecule has 0 aliphatic rings. The molecule has 0 aliphatic carbocycles. The highest BCUT2D eigenvalue weighted by atomic mass is 16.1. The fraction of sp³-hybridized carbons (Fsp3) is 0.333. The summed E-state index contributed by atoms with van der Waals surface area (Å²) in [5.74, 6) is 0.153. The highest BCUT2D eigenvalue weighted by molar-refractivity contribution is 5.73. The van der Waals surface area contributed by atoms with Crippen LogP contribution in [0.3, 0.4) is 0 Å². The number of rotatable bonds is 1. The highest BCUT2D eigenvalue weighted by Gasteiger charge is 2.08. The van der Waals surface area contributed by atoms with Gasteiger partial charge in [-0.05, 0) is 13.3 Å². The van der Waals surface area contributed by atoms with Gasteiger partial charge in [0.2, 0.25) is 5.95 Å². The Morgan fingerprint density at radius 3 is 2.73 bits per heavy atom. The monoisotopic (exact) mass is 205 g/mol. The van der Waals surface area contributed by atoms with Crippen LogP contribution < -0.4 is 11.3 Å². The lowest BCUT2D eigenvalue weighted by Gasteiger charge is -2.03. The molecule has 0 saturated carbocycles. The molecular formula is C9H11N5O. The van der Waals surface area contributed by atoms with Gasteiger partial charge in [-0.2, -0.15) is 4.98 Å². The zero-order valence-electron chi connectivity index (χ0n) is 8.53. The lowest BCUT2D eigenvalue weighted by molar-refractivity contribution is 0.996. The molecule has 15 heavy (non-hydrogen) atoms. The molecule has 78 valence electrons. The largest absolute Gasteiger partial charge is 0.368 e. The third-order valence-corrected chi connectivity index (χ3v) is 2.15. The van der Waals surface area contributed by atoms with Crippen LogP contribution in [0.25, 0.3) is 11.2 Å². The van der Waals surface area contributed by atoms with Crippen LogP contribution in [0.1, 0.15) is 18.3 Å². The molecule has 2 heterocycles. The number of nitrogens with two attached hydrogens (primary N) is 1. The van der Waals surface area contributed by atoms with E-state index in [1.54, 1.807) is 6.92 Å². The number of aryl methyl sites for hydroxylation is 2. The molecule has 0 spiro atoms. The van der Waals surface area contributed by atoms with Crippen molar-refractivity contribution in [3.8, 4) is 0 Å². The summed E-state index contributed by atoms with van der Waals surface area (Å²) >= 11 is 0. The van der Waals surface area contributed by atoms with E-state index in [0.717, 1.165) is 5.69 Å². The Hall–Kier alpha value is -1.98. The molecule has 0 saturated heterocycles. The SMILES string of the molecule is CCc1nc(N)nc2[nH]c(=O)c(C)nc12. The van der Waals surface area contributed by atoms with Gasteiger partial charge in [0, 0.05) is 0 Å². The Morgan fingerprint density at radius 1 is 1.33 bits per heavy atom. The first-order valence-corrected chi connectivity index (χ1v) is 4.65. The van der Waals surface area contributed by atoms with E-state index >= 15 is 0 Å². The van der Waals surface area contributed by atoms with Crippen molar-refractivity contribution in [3.63, 3.8) is 0 Å². The summed E-state index contributed by atoms with van der Waals surface area (Å²) in [6.45, 7) is 3.59. The van der Waals surface area contributed by atoms with Crippen LogP contribution in [0.15, 0.2) is 4.79 Å². The maximum Gasteiger partial charge on any atom is 0.270 e. The number of aromatic amines is 1. The maximum absolute atomic E-state index is 11.3. The number of fused-ring (bicyclic) bond motifs is 1. The van der Waals surface area contributed by atoms with Gasteiger partial charge < -0.3 is 10.7 Å². The van der Waals surface area contributed by atoms with E-state index < -0.39 is 0 Å². The van der Waals surface area contributed by atoms with E-state index in [1.807, 2.05) is 6.92 Å². The summed E-state index contributed by atoms with van der Waals surface area (Å²) in [7, 11) is 0. The Morgan fingerprint density at radius 2 is 2.07 bits per heavy atom. The molecule has 0 aromatic carbocycles. The molecule has 0 bridgehead atoms. The van der Waals surface area contributed by atoms with E-state index in [0.29, 0.717) is 23.3 Å². The van der Waals surface area contributed by atoms with Crippen molar-refractivity contribution in [2.24, 2.45) is 0 Å². The fourth-order valence-electron chi connectivity index (χ4n) is 1.39. The van der Waals surface area contributed by atoms with Gasteiger partial charge in [-0.3, -0.25) is 4.79 Å². The number of nitrogens with zero attached hydrogens (tertiary/aromatic N) is 3. The number of nitrogens with one attached hydrogen (secondary N) is 1. The molecule has 3 N–H and O–H groups in total. The van der Waals surface area contributed by atoms with E-state index in [4.69, 9.17) is 5.73 Å². The first-order valence-electron chi connectivity index (χ1n) is 4.65. The second kappa shape index (κ2) is 3.30. The molecule has 2 aromatic heterocycles. The second-order valence-electron chi connectivity index (χ2n) is 3.23. The molecule has 0 unspecified atom stereocenters. The minimum atomic E-state index is -0.248. The summed E-state index contributed by atoms with van der Waals surface area (Å²) in [5, 5.41) is 0. The average molecular weight is 205 g/mol. The fourth-order valence-corrected chi connectivity index (χ4v) is 1.39. The Balaban J connectivity index is 2.90. The molecule has 0 fully saturated rings. The zero-order chi connectivity index (χ0) is 11.0. The predicted molar refractivity (Wildman–Crippen MR) is 56.5 cm³/mol. The highest BCUT2D eigenvalue weighted by Crippen LogP contribution is 2.11. The van der Waals surface area contributed by atoms with Gasteiger partial charge in [0.15, 0.2) is 5.65 Å². The summed E-state index contributed by atoms with van der Waals surface area (Å²) in [6, 6.07) is 0. The van der Waals surface area contributed by atoms with Crippen LogP contribution in [-0.4, -0.2) is 19.9 Å². The maximum atomic E-state index is 11.3. The third kappa shape index (κ3) is 1.54. The summed E-state index contributed by atoms with van der Waals surface area (Å²) in [5.41, 5.74) is 7.44. The molecule has 0 atom stereocenters. The van der Waals surface area contributed by atoms with Gasteiger partial charge in [-0.15, -0.1) is 0 Å². The Kier molecular flexibility index (Phi) is 2.11. The number of aromatic nitrogens is 4. The average Bonchev–Trinajstić information content (AvgIpc) is 2.19. The van der Waals surface area contributed by atoms with E-state index in [2.05, 4.69) is 19.9 Å². The number of H-pyrrole nitrogens is 1. The van der Waals surface area contributed by atoms with E-state index in [-0.39, 0.29) is 11.5 Å². The lowest BCUT2D eigenvalue weighted by Crippen LogP contribution is -2.14. The Bertz CT molecular complexity index is 574. The van der Waals surface area contributed by atoms with Crippen molar-refractivity contribution < 1.29 is 0 Å². The van der Waals surface area contributed by atoms with Crippen LogP contribution >= 0.6 is 0 Å².